The third-order valence-corrected chi connectivity index (χ3v) is 9.34. The molecule has 0 saturated heterocycles. The summed E-state index contributed by atoms with van der Waals surface area (Å²) in [4.78, 5) is 0.820. The Kier molecular flexibility index (Phi) is 11.9. The molecule has 157 valence electrons. The van der Waals surface area contributed by atoms with Gasteiger partial charge >= 0.3 is 0 Å². The summed E-state index contributed by atoms with van der Waals surface area (Å²) >= 11 is 0. The van der Waals surface area contributed by atoms with Gasteiger partial charge in [-0.25, -0.2) is 8.93 Å². The number of rotatable bonds is 11. The van der Waals surface area contributed by atoms with E-state index in [9.17, 15) is 4.21 Å². The van der Waals surface area contributed by atoms with Crippen LogP contribution >= 0.6 is 8.22 Å². The fraction of sp³-hybridized carbons (Fsp3) is 0.455. The SMILES string of the molecule is CCN(CC)P(C(N[S@](=O)c1ccc(C)cc1)c1ccccc1)N(CC)CC.[B]. The van der Waals surface area contributed by atoms with Crippen molar-refractivity contribution in [3.63, 3.8) is 0 Å². The summed E-state index contributed by atoms with van der Waals surface area (Å²) in [5, 5.41) is 0. The van der Waals surface area contributed by atoms with Crippen LogP contribution in [0, 0.1) is 6.92 Å². The average molecular weight is 430 g/mol. The first-order chi connectivity index (χ1) is 13.5. The Balaban J connectivity index is 0.00000420. The summed E-state index contributed by atoms with van der Waals surface area (Å²) in [7, 11) is -1.97. The molecule has 0 amide bonds. The molecule has 0 heterocycles. The van der Waals surface area contributed by atoms with Crippen molar-refractivity contribution in [3.8, 4) is 0 Å². The zero-order valence-corrected chi connectivity index (χ0v) is 20.0. The summed E-state index contributed by atoms with van der Waals surface area (Å²) in [6.45, 7) is 14.8. The van der Waals surface area contributed by atoms with Crippen molar-refractivity contribution in [2.45, 2.75) is 45.3 Å². The second kappa shape index (κ2) is 13.3. The molecule has 0 spiro atoms. The first-order valence-electron chi connectivity index (χ1n) is 10.1. The predicted octanol–water partition coefficient (Wildman–Crippen LogP) is 4.92. The molecule has 1 unspecified atom stereocenters. The summed E-state index contributed by atoms with van der Waals surface area (Å²) in [6.07, 6.45) is 0. The zero-order valence-electron chi connectivity index (χ0n) is 18.3. The maximum Gasteiger partial charge on any atom is 0.125 e. The van der Waals surface area contributed by atoms with Crippen LogP contribution in [0.25, 0.3) is 0 Å². The van der Waals surface area contributed by atoms with Crippen LogP contribution in [0.4, 0.5) is 0 Å². The number of hydrogen-bond donors (Lipinski definition) is 1. The molecule has 29 heavy (non-hydrogen) atoms. The highest BCUT2D eigenvalue weighted by Crippen LogP contribution is 2.55. The molecule has 1 N–H and O–H groups in total. The average Bonchev–Trinajstić information content (AvgIpc) is 2.73. The Hall–Kier alpha value is -1.04. The first-order valence-corrected chi connectivity index (χ1v) is 12.6. The maximum atomic E-state index is 13.2. The molecular formula is C22H34BN3OPS. The minimum absolute atomic E-state index is 0. The Morgan fingerprint density at radius 3 is 1.79 bits per heavy atom. The standard InChI is InChI=1S/C22H34N3OPS.B/c1-6-24(7-2)27(25(8-3)9-4)22(20-13-11-10-12-14-20)23-28(26)21-17-15-19(5)16-18-21;/h10-18,22-23H,6-9H2,1-5H3;/t22?,28-;/m1./s1. The minimum Gasteiger partial charge on any atom is -0.269 e. The van der Waals surface area contributed by atoms with Gasteiger partial charge in [0.1, 0.15) is 11.0 Å². The molecule has 0 saturated carbocycles. The summed E-state index contributed by atoms with van der Waals surface area (Å²) in [5.74, 6) is -0.00173. The smallest absolute Gasteiger partial charge is 0.125 e. The summed E-state index contributed by atoms with van der Waals surface area (Å²) in [5.41, 5.74) is 2.36. The van der Waals surface area contributed by atoms with Crippen molar-refractivity contribution in [1.29, 1.82) is 0 Å². The van der Waals surface area contributed by atoms with Crippen LogP contribution in [-0.2, 0) is 11.0 Å². The van der Waals surface area contributed by atoms with Gasteiger partial charge in [-0.15, -0.1) is 0 Å². The molecule has 2 atom stereocenters. The van der Waals surface area contributed by atoms with Crippen molar-refractivity contribution in [1.82, 2.24) is 14.1 Å². The van der Waals surface area contributed by atoms with E-state index in [4.69, 9.17) is 0 Å². The van der Waals surface area contributed by atoms with Crippen molar-refractivity contribution in [3.05, 3.63) is 65.7 Å². The molecule has 3 radical (unpaired) electrons. The number of benzene rings is 2. The van der Waals surface area contributed by atoms with E-state index in [0.717, 1.165) is 31.1 Å². The zero-order chi connectivity index (χ0) is 20.5. The number of aryl methyl sites for hydroxylation is 1. The molecule has 0 bridgehead atoms. The third-order valence-electron chi connectivity index (χ3n) is 4.84. The maximum absolute atomic E-state index is 13.2. The fourth-order valence-electron chi connectivity index (χ4n) is 3.25. The highest BCUT2D eigenvalue weighted by molar-refractivity contribution is 7.83. The van der Waals surface area contributed by atoms with E-state index in [1.807, 2.05) is 37.3 Å². The lowest BCUT2D eigenvalue weighted by atomic mass is 10.2. The van der Waals surface area contributed by atoms with E-state index < -0.39 is 19.2 Å². The van der Waals surface area contributed by atoms with Crippen molar-refractivity contribution in [2.24, 2.45) is 0 Å². The second-order valence-electron chi connectivity index (χ2n) is 6.61. The van der Waals surface area contributed by atoms with E-state index in [1.165, 1.54) is 11.1 Å². The van der Waals surface area contributed by atoms with E-state index in [0.29, 0.717) is 0 Å². The fourth-order valence-corrected chi connectivity index (χ4v) is 7.38. The van der Waals surface area contributed by atoms with Gasteiger partial charge in [0.15, 0.2) is 0 Å². The highest BCUT2D eigenvalue weighted by Gasteiger charge is 2.33. The van der Waals surface area contributed by atoms with Gasteiger partial charge in [-0.2, -0.15) is 0 Å². The van der Waals surface area contributed by atoms with Crippen LogP contribution in [-0.4, -0.2) is 48.1 Å². The molecule has 2 aromatic rings. The van der Waals surface area contributed by atoms with Gasteiger partial charge in [-0.3, -0.25) is 9.34 Å². The molecule has 2 rings (SSSR count). The second-order valence-corrected chi connectivity index (χ2v) is 10.1. The van der Waals surface area contributed by atoms with Gasteiger partial charge in [0, 0.05) is 34.6 Å². The monoisotopic (exact) mass is 430 g/mol. The van der Waals surface area contributed by atoms with E-state index in [-0.39, 0.29) is 14.2 Å². The van der Waals surface area contributed by atoms with Crippen LogP contribution < -0.4 is 4.72 Å². The van der Waals surface area contributed by atoms with Crippen LogP contribution in [0.2, 0.25) is 0 Å². The number of hydrogen-bond acceptors (Lipinski definition) is 3. The minimum atomic E-state index is -1.27. The molecule has 2 aromatic carbocycles. The Labute approximate surface area is 183 Å². The third kappa shape index (κ3) is 7.01. The number of nitrogens with zero attached hydrogens (tertiary/aromatic N) is 2. The normalized spacial score (nSPS) is 13.5. The number of nitrogens with one attached hydrogen (secondary N) is 1. The first kappa shape index (κ1) is 26.0. The molecule has 4 nitrogen and oxygen atoms in total. The van der Waals surface area contributed by atoms with Gasteiger partial charge in [-0.05, 0) is 24.6 Å². The lowest BCUT2D eigenvalue weighted by molar-refractivity contribution is 0.412. The quantitative estimate of drug-likeness (QED) is 0.406. The van der Waals surface area contributed by atoms with Gasteiger partial charge in [0.25, 0.3) is 0 Å². The van der Waals surface area contributed by atoms with Crippen LogP contribution in [0.5, 0.6) is 0 Å². The highest BCUT2D eigenvalue weighted by atomic mass is 32.2. The van der Waals surface area contributed by atoms with Crippen LogP contribution in [0.1, 0.15) is 44.6 Å². The Morgan fingerprint density at radius 2 is 1.34 bits per heavy atom. The van der Waals surface area contributed by atoms with Gasteiger partial charge in [-0.1, -0.05) is 75.7 Å². The van der Waals surface area contributed by atoms with Crippen LogP contribution in [0.3, 0.4) is 0 Å². The lowest BCUT2D eigenvalue weighted by Crippen LogP contribution is -2.36. The molecule has 0 aliphatic heterocycles. The lowest BCUT2D eigenvalue weighted by Gasteiger charge is -2.42. The van der Waals surface area contributed by atoms with Crippen LogP contribution in [0.15, 0.2) is 59.5 Å². The predicted molar refractivity (Wildman–Crippen MR) is 128 cm³/mol. The van der Waals surface area contributed by atoms with Gasteiger partial charge in [0.05, 0.1) is 18.9 Å². The van der Waals surface area contributed by atoms with E-state index in [1.54, 1.807) is 0 Å². The molecular weight excluding hydrogens is 396 g/mol. The molecule has 0 aromatic heterocycles. The van der Waals surface area contributed by atoms with Crippen molar-refractivity contribution < 1.29 is 4.21 Å². The van der Waals surface area contributed by atoms with E-state index in [2.05, 4.69) is 66.0 Å². The summed E-state index contributed by atoms with van der Waals surface area (Å²) < 4.78 is 21.7. The Bertz CT molecular complexity index is 713. The van der Waals surface area contributed by atoms with Crippen molar-refractivity contribution >= 4 is 27.6 Å². The van der Waals surface area contributed by atoms with Gasteiger partial charge < -0.3 is 0 Å². The summed E-state index contributed by atoms with van der Waals surface area (Å²) in [6, 6.07) is 18.4. The van der Waals surface area contributed by atoms with E-state index >= 15 is 0 Å². The molecule has 0 aliphatic carbocycles. The largest absolute Gasteiger partial charge is 0.269 e. The Morgan fingerprint density at radius 1 is 0.862 bits per heavy atom. The topological polar surface area (TPSA) is 35.6 Å². The van der Waals surface area contributed by atoms with Gasteiger partial charge in [0.2, 0.25) is 0 Å². The molecule has 7 heteroatoms. The van der Waals surface area contributed by atoms with Crippen molar-refractivity contribution in [2.75, 3.05) is 26.2 Å². The molecule has 0 fully saturated rings. The molecule has 0 aliphatic rings.